The van der Waals surface area contributed by atoms with Crippen molar-refractivity contribution >= 4 is 5.91 Å². The fraction of sp³-hybridized carbons (Fsp3) is 0.933. The molecule has 0 aromatic carbocycles. The topological polar surface area (TPSA) is 44.4 Å². The first-order chi connectivity index (χ1) is 9.33. The van der Waals surface area contributed by atoms with Gasteiger partial charge in [-0.15, -0.1) is 0 Å². The summed E-state index contributed by atoms with van der Waals surface area (Å²) < 4.78 is 0. The molecule has 0 bridgehead atoms. The molecular weight excluding hydrogens is 238 g/mol. The summed E-state index contributed by atoms with van der Waals surface area (Å²) in [7, 11) is 0. The normalized spacial score (nSPS) is 35.9. The number of carbonyl (C=O) groups is 1. The number of piperidine rings is 2. The minimum Gasteiger partial charge on any atom is -0.352 e. The minimum atomic E-state index is 0.261. The molecule has 0 radical (unpaired) electrons. The van der Waals surface area contributed by atoms with Crippen LogP contribution in [0.1, 0.15) is 51.4 Å². The second kappa shape index (κ2) is 6.23. The van der Waals surface area contributed by atoms with E-state index in [0.29, 0.717) is 24.5 Å². The lowest BCUT2D eigenvalue weighted by molar-refractivity contribution is -0.122. The van der Waals surface area contributed by atoms with E-state index in [4.69, 9.17) is 0 Å². The van der Waals surface area contributed by atoms with Gasteiger partial charge in [0.15, 0.2) is 0 Å². The van der Waals surface area contributed by atoms with Gasteiger partial charge in [0.2, 0.25) is 5.91 Å². The van der Waals surface area contributed by atoms with Crippen LogP contribution >= 0.6 is 0 Å². The second-order valence-electron chi connectivity index (χ2n) is 6.41. The maximum atomic E-state index is 12.2. The van der Waals surface area contributed by atoms with Gasteiger partial charge in [-0.1, -0.05) is 12.8 Å². The molecule has 1 amide bonds. The molecule has 108 valence electrons. The molecule has 3 atom stereocenters. The third kappa shape index (κ3) is 3.29. The zero-order valence-electron chi connectivity index (χ0n) is 11.9. The van der Waals surface area contributed by atoms with Crippen LogP contribution in [-0.2, 0) is 4.79 Å². The summed E-state index contributed by atoms with van der Waals surface area (Å²) in [6, 6.07) is 1.45. The smallest absolute Gasteiger partial charge is 0.221 e. The van der Waals surface area contributed by atoms with Crippen LogP contribution in [0.2, 0.25) is 0 Å². The lowest BCUT2D eigenvalue weighted by Gasteiger charge is -2.33. The van der Waals surface area contributed by atoms with Crippen molar-refractivity contribution in [3.05, 3.63) is 0 Å². The number of nitrogens with one attached hydrogen (secondary N) is 2. The van der Waals surface area contributed by atoms with Crippen LogP contribution in [0.25, 0.3) is 0 Å². The molecule has 0 saturated carbocycles. The number of carbonyl (C=O) groups excluding carboxylic acids is 1. The van der Waals surface area contributed by atoms with Crippen LogP contribution in [0.15, 0.2) is 0 Å². The van der Waals surface area contributed by atoms with Crippen LogP contribution < -0.4 is 10.6 Å². The van der Waals surface area contributed by atoms with Gasteiger partial charge in [0.1, 0.15) is 0 Å². The first-order valence-electron chi connectivity index (χ1n) is 8.10. The van der Waals surface area contributed by atoms with Crippen LogP contribution in [0, 0.1) is 0 Å². The molecule has 19 heavy (non-hydrogen) atoms. The van der Waals surface area contributed by atoms with Crippen molar-refractivity contribution in [1.82, 2.24) is 15.5 Å². The molecule has 4 nitrogen and oxygen atoms in total. The van der Waals surface area contributed by atoms with Crippen molar-refractivity contribution in [3.63, 3.8) is 0 Å². The molecular formula is C15H27N3O. The van der Waals surface area contributed by atoms with Gasteiger partial charge in [-0.2, -0.15) is 0 Å². The van der Waals surface area contributed by atoms with E-state index in [2.05, 4.69) is 15.5 Å². The van der Waals surface area contributed by atoms with E-state index < -0.39 is 0 Å². The maximum absolute atomic E-state index is 12.2. The van der Waals surface area contributed by atoms with Gasteiger partial charge < -0.3 is 10.6 Å². The Morgan fingerprint density at radius 3 is 2.84 bits per heavy atom. The molecule has 3 heterocycles. The predicted molar refractivity (Wildman–Crippen MR) is 76.0 cm³/mol. The van der Waals surface area contributed by atoms with Gasteiger partial charge in [-0.25, -0.2) is 0 Å². The molecule has 3 aliphatic heterocycles. The molecule has 0 aliphatic carbocycles. The van der Waals surface area contributed by atoms with Crippen molar-refractivity contribution in [2.24, 2.45) is 0 Å². The quantitative estimate of drug-likeness (QED) is 0.807. The number of nitrogens with zero attached hydrogens (tertiary/aromatic N) is 1. The molecule has 3 fully saturated rings. The standard InChI is InChI=1S/C15H27N3O/c19-15(11-12-5-1-3-8-16-12)17-13-7-10-18-9-4-2-6-14(13)18/h12-14,16H,1-11H2,(H,17,19). The van der Waals surface area contributed by atoms with Crippen LogP contribution in [0.3, 0.4) is 0 Å². The average molecular weight is 265 g/mol. The van der Waals surface area contributed by atoms with E-state index in [1.54, 1.807) is 0 Å². The molecule has 4 heteroatoms. The molecule has 3 unspecified atom stereocenters. The second-order valence-corrected chi connectivity index (χ2v) is 6.41. The molecule has 2 N–H and O–H groups in total. The van der Waals surface area contributed by atoms with E-state index in [1.807, 2.05) is 0 Å². The average Bonchev–Trinajstić information content (AvgIpc) is 2.83. The molecule has 3 aliphatic rings. The van der Waals surface area contributed by atoms with Crippen molar-refractivity contribution in [2.75, 3.05) is 19.6 Å². The number of amides is 1. The van der Waals surface area contributed by atoms with Crippen molar-refractivity contribution < 1.29 is 4.79 Å². The highest BCUT2D eigenvalue weighted by Crippen LogP contribution is 2.27. The molecule has 3 saturated heterocycles. The Morgan fingerprint density at radius 2 is 2.00 bits per heavy atom. The Bertz CT molecular complexity index is 315. The van der Waals surface area contributed by atoms with E-state index in [0.717, 1.165) is 19.4 Å². The van der Waals surface area contributed by atoms with Crippen molar-refractivity contribution in [3.8, 4) is 0 Å². The Balaban J connectivity index is 1.46. The number of rotatable bonds is 3. The van der Waals surface area contributed by atoms with Gasteiger partial charge in [0.25, 0.3) is 0 Å². The summed E-state index contributed by atoms with van der Waals surface area (Å²) in [5, 5.41) is 6.76. The number of hydrogen-bond acceptors (Lipinski definition) is 3. The summed E-state index contributed by atoms with van der Waals surface area (Å²) >= 11 is 0. The highest BCUT2D eigenvalue weighted by atomic mass is 16.1. The highest BCUT2D eigenvalue weighted by molar-refractivity contribution is 5.77. The fourth-order valence-corrected chi connectivity index (χ4v) is 4.00. The monoisotopic (exact) mass is 265 g/mol. The first kappa shape index (κ1) is 13.4. The molecule has 0 aromatic heterocycles. The zero-order valence-corrected chi connectivity index (χ0v) is 11.9. The summed E-state index contributed by atoms with van der Waals surface area (Å²) in [6.07, 6.45) is 9.45. The number of hydrogen-bond donors (Lipinski definition) is 2. The lowest BCUT2D eigenvalue weighted by atomic mass is 9.98. The van der Waals surface area contributed by atoms with E-state index in [-0.39, 0.29) is 5.91 Å². The Labute approximate surface area is 116 Å². The third-order valence-electron chi connectivity index (χ3n) is 5.05. The minimum absolute atomic E-state index is 0.261. The van der Waals surface area contributed by atoms with Crippen molar-refractivity contribution in [1.29, 1.82) is 0 Å². The highest BCUT2D eigenvalue weighted by Gasteiger charge is 2.36. The summed E-state index contributed by atoms with van der Waals surface area (Å²) in [5.74, 6) is 0.261. The SMILES string of the molecule is O=C(CC1CCCCN1)NC1CCN2CCCCC12. The van der Waals surface area contributed by atoms with E-state index in [9.17, 15) is 4.79 Å². The fourth-order valence-electron chi connectivity index (χ4n) is 4.00. The van der Waals surface area contributed by atoms with E-state index >= 15 is 0 Å². The molecule has 0 spiro atoms. The van der Waals surface area contributed by atoms with Gasteiger partial charge >= 0.3 is 0 Å². The zero-order chi connectivity index (χ0) is 13.1. The van der Waals surface area contributed by atoms with E-state index in [1.165, 1.54) is 45.2 Å². The third-order valence-corrected chi connectivity index (χ3v) is 5.05. The Morgan fingerprint density at radius 1 is 1.11 bits per heavy atom. The lowest BCUT2D eigenvalue weighted by Crippen LogP contribution is -2.48. The first-order valence-corrected chi connectivity index (χ1v) is 8.10. The summed E-state index contributed by atoms with van der Waals surface area (Å²) in [5.41, 5.74) is 0. The summed E-state index contributed by atoms with van der Waals surface area (Å²) in [6.45, 7) is 3.50. The molecule has 0 aromatic rings. The largest absolute Gasteiger partial charge is 0.352 e. The van der Waals surface area contributed by atoms with Gasteiger partial charge in [-0.3, -0.25) is 9.69 Å². The van der Waals surface area contributed by atoms with Crippen LogP contribution in [0.4, 0.5) is 0 Å². The summed E-state index contributed by atoms with van der Waals surface area (Å²) in [4.78, 5) is 14.7. The maximum Gasteiger partial charge on any atom is 0.221 e. The van der Waals surface area contributed by atoms with Gasteiger partial charge in [0.05, 0.1) is 0 Å². The Kier molecular flexibility index (Phi) is 4.38. The van der Waals surface area contributed by atoms with Crippen LogP contribution in [-0.4, -0.2) is 48.6 Å². The van der Waals surface area contributed by atoms with Gasteiger partial charge in [0, 0.05) is 31.1 Å². The predicted octanol–water partition coefficient (Wildman–Crippen LogP) is 1.26. The van der Waals surface area contributed by atoms with Gasteiger partial charge in [-0.05, 0) is 45.2 Å². The van der Waals surface area contributed by atoms with Crippen molar-refractivity contribution in [2.45, 2.75) is 69.5 Å². The van der Waals surface area contributed by atoms with Crippen LogP contribution in [0.5, 0.6) is 0 Å². The number of fused-ring (bicyclic) bond motifs is 1. The molecule has 3 rings (SSSR count). The Hall–Kier alpha value is -0.610.